The molecule has 3 aromatic rings. The van der Waals surface area contributed by atoms with Gasteiger partial charge in [0.05, 0.1) is 11.0 Å². The molecule has 0 saturated heterocycles. The lowest BCUT2D eigenvalue weighted by atomic mass is 10.1. The Labute approximate surface area is 139 Å². The number of nitrogens with zero attached hydrogens (tertiary/aromatic N) is 2. The Morgan fingerprint density at radius 3 is 2.42 bits per heavy atom. The van der Waals surface area contributed by atoms with Gasteiger partial charge >= 0.3 is 5.69 Å². The van der Waals surface area contributed by atoms with Crippen LogP contribution in [0, 0.1) is 0 Å². The van der Waals surface area contributed by atoms with Gasteiger partial charge in [0.2, 0.25) is 6.79 Å². The lowest BCUT2D eigenvalue weighted by Crippen LogP contribution is -2.80. The molecule has 0 aliphatic carbocycles. The van der Waals surface area contributed by atoms with E-state index in [1.54, 1.807) is 16.2 Å². The highest BCUT2D eigenvalue weighted by molar-refractivity contribution is 5.76. The number of nitrogens with two attached hydrogens (primary N) is 1. The van der Waals surface area contributed by atoms with Crippen molar-refractivity contribution in [2.45, 2.75) is 13.1 Å². The van der Waals surface area contributed by atoms with Crippen LogP contribution in [0.15, 0.2) is 41.2 Å². The third-order valence-electron chi connectivity index (χ3n) is 4.53. The smallest absolute Gasteiger partial charge is 0.328 e. The second kappa shape index (κ2) is 5.72. The van der Waals surface area contributed by atoms with Crippen LogP contribution >= 0.6 is 0 Å². The van der Waals surface area contributed by atoms with Crippen LogP contribution in [0.2, 0.25) is 0 Å². The molecular formula is C18H20N3O3+. The van der Waals surface area contributed by atoms with E-state index in [9.17, 15) is 4.79 Å². The summed E-state index contributed by atoms with van der Waals surface area (Å²) in [5.41, 5.74) is 4.34. The molecule has 6 nitrogen and oxygen atoms in total. The van der Waals surface area contributed by atoms with Gasteiger partial charge in [-0.3, -0.25) is 9.13 Å². The van der Waals surface area contributed by atoms with E-state index in [0.717, 1.165) is 35.6 Å². The van der Waals surface area contributed by atoms with Crippen LogP contribution in [-0.2, 0) is 27.2 Å². The van der Waals surface area contributed by atoms with Gasteiger partial charge in [-0.15, -0.1) is 0 Å². The predicted octanol–water partition coefficient (Wildman–Crippen LogP) is 0.869. The second-order valence-corrected chi connectivity index (χ2v) is 6.11. The Bertz CT molecular complexity index is 972. The summed E-state index contributed by atoms with van der Waals surface area (Å²) in [6.45, 7) is 2.02. The molecule has 1 aromatic heterocycles. The first kappa shape index (κ1) is 14.8. The van der Waals surface area contributed by atoms with Crippen LogP contribution in [0.25, 0.3) is 11.0 Å². The molecule has 0 spiro atoms. The van der Waals surface area contributed by atoms with Crippen molar-refractivity contribution >= 4 is 11.0 Å². The van der Waals surface area contributed by atoms with Crippen LogP contribution in [0.3, 0.4) is 0 Å². The number of benzene rings is 2. The number of fused-ring (bicyclic) bond motifs is 2. The van der Waals surface area contributed by atoms with Crippen molar-refractivity contribution in [1.82, 2.24) is 9.13 Å². The number of ether oxygens (including phenoxy) is 2. The maximum absolute atomic E-state index is 12.0. The number of hydrogen-bond donors (Lipinski definition) is 1. The van der Waals surface area contributed by atoms with Gasteiger partial charge in [-0.05, 0) is 30.3 Å². The van der Waals surface area contributed by atoms with Crippen LogP contribution in [0.5, 0.6) is 11.5 Å². The van der Waals surface area contributed by atoms with Crippen molar-refractivity contribution in [1.29, 1.82) is 0 Å². The highest BCUT2D eigenvalue weighted by Gasteiger charge is 2.13. The maximum atomic E-state index is 12.0. The van der Waals surface area contributed by atoms with Gasteiger partial charge < -0.3 is 14.8 Å². The van der Waals surface area contributed by atoms with Crippen molar-refractivity contribution in [3.63, 3.8) is 0 Å². The van der Waals surface area contributed by atoms with Crippen LogP contribution in [-0.4, -0.2) is 15.9 Å². The molecule has 1 aliphatic heterocycles. The van der Waals surface area contributed by atoms with E-state index < -0.39 is 0 Å². The first-order valence-electron chi connectivity index (χ1n) is 7.98. The minimum atomic E-state index is 0.00601. The molecule has 0 radical (unpaired) electrons. The van der Waals surface area contributed by atoms with Gasteiger partial charge in [-0.2, -0.15) is 0 Å². The van der Waals surface area contributed by atoms with Crippen LogP contribution < -0.4 is 20.5 Å². The van der Waals surface area contributed by atoms with Gasteiger partial charge in [-0.1, -0.05) is 6.07 Å². The first-order chi connectivity index (χ1) is 11.6. The van der Waals surface area contributed by atoms with E-state index in [4.69, 9.17) is 9.47 Å². The van der Waals surface area contributed by atoms with E-state index >= 15 is 0 Å². The highest BCUT2D eigenvalue weighted by Crippen LogP contribution is 2.32. The molecule has 4 rings (SSSR count). The monoisotopic (exact) mass is 326 g/mol. The molecule has 0 fully saturated rings. The van der Waals surface area contributed by atoms with E-state index in [0.29, 0.717) is 6.79 Å². The second-order valence-electron chi connectivity index (χ2n) is 6.11. The summed E-state index contributed by atoms with van der Waals surface area (Å²) in [5, 5.41) is 2.24. The van der Waals surface area contributed by atoms with Crippen molar-refractivity contribution in [2.75, 3.05) is 6.79 Å². The van der Waals surface area contributed by atoms with Crippen LogP contribution in [0.4, 0.5) is 0 Å². The fourth-order valence-electron chi connectivity index (χ4n) is 3.15. The quantitative estimate of drug-likeness (QED) is 0.774. The molecule has 2 heterocycles. The summed E-state index contributed by atoms with van der Waals surface area (Å²) in [6, 6.07) is 12.2. The third-order valence-corrected chi connectivity index (χ3v) is 4.53. The SMILES string of the molecule is Cn1c(=O)n(C)c2cc(C[NH2+]Cc3ccc4c(c3)OCO4)ccc21. The van der Waals surface area contributed by atoms with Crippen molar-refractivity contribution in [3.8, 4) is 11.5 Å². The minimum absolute atomic E-state index is 0.00601. The molecule has 0 bridgehead atoms. The minimum Gasteiger partial charge on any atom is -0.454 e. The summed E-state index contributed by atoms with van der Waals surface area (Å²) in [6.07, 6.45) is 0. The third kappa shape index (κ3) is 2.45. The first-order valence-corrected chi connectivity index (χ1v) is 7.98. The largest absolute Gasteiger partial charge is 0.454 e. The molecule has 6 heteroatoms. The molecule has 0 atom stereocenters. The zero-order valence-electron chi connectivity index (χ0n) is 13.8. The lowest BCUT2D eigenvalue weighted by molar-refractivity contribution is -0.686. The molecule has 0 amide bonds. The molecule has 0 unspecified atom stereocenters. The summed E-state index contributed by atoms with van der Waals surface area (Å²) in [7, 11) is 3.61. The molecule has 0 saturated carbocycles. The maximum Gasteiger partial charge on any atom is 0.328 e. The summed E-state index contributed by atoms with van der Waals surface area (Å²) in [5.74, 6) is 1.64. The summed E-state index contributed by atoms with van der Waals surface area (Å²) >= 11 is 0. The predicted molar refractivity (Wildman–Crippen MR) is 90.1 cm³/mol. The number of aryl methyl sites for hydroxylation is 2. The zero-order chi connectivity index (χ0) is 16.7. The lowest BCUT2D eigenvalue weighted by Gasteiger charge is -2.04. The molecule has 2 aromatic carbocycles. The summed E-state index contributed by atoms with van der Waals surface area (Å²) in [4.78, 5) is 12.0. The van der Waals surface area contributed by atoms with Gasteiger partial charge in [-0.25, -0.2) is 4.79 Å². The Kier molecular flexibility index (Phi) is 3.54. The standard InChI is InChI=1S/C18H19N3O3/c1-20-14-5-3-12(7-15(14)21(2)18(20)22)9-19-10-13-4-6-16-17(8-13)24-11-23-16/h3-8,19H,9-11H2,1-2H3/p+1. The Balaban J connectivity index is 1.47. The topological polar surface area (TPSA) is 62.0 Å². The highest BCUT2D eigenvalue weighted by atomic mass is 16.7. The Morgan fingerprint density at radius 1 is 0.917 bits per heavy atom. The number of quaternary nitrogens is 1. The van der Waals surface area contributed by atoms with Crippen molar-refractivity contribution in [2.24, 2.45) is 14.1 Å². The Morgan fingerprint density at radius 2 is 1.58 bits per heavy atom. The van der Waals surface area contributed by atoms with E-state index in [1.165, 1.54) is 11.1 Å². The number of aromatic nitrogens is 2. The normalized spacial score (nSPS) is 12.9. The number of rotatable bonds is 4. The molecule has 124 valence electrons. The fraction of sp³-hybridized carbons (Fsp3) is 0.278. The number of hydrogen-bond acceptors (Lipinski definition) is 3. The van der Waals surface area contributed by atoms with Gasteiger partial charge in [0.15, 0.2) is 11.5 Å². The average Bonchev–Trinajstić information content (AvgIpc) is 3.14. The van der Waals surface area contributed by atoms with E-state index in [-0.39, 0.29) is 5.69 Å². The van der Waals surface area contributed by atoms with E-state index in [2.05, 4.69) is 23.5 Å². The molecule has 24 heavy (non-hydrogen) atoms. The van der Waals surface area contributed by atoms with Crippen molar-refractivity contribution < 1.29 is 14.8 Å². The molecule has 2 N–H and O–H groups in total. The van der Waals surface area contributed by atoms with Crippen molar-refractivity contribution in [3.05, 3.63) is 58.0 Å². The van der Waals surface area contributed by atoms with Gasteiger partial charge in [0.25, 0.3) is 0 Å². The molecular weight excluding hydrogens is 306 g/mol. The number of imidazole rings is 1. The van der Waals surface area contributed by atoms with Gasteiger partial charge in [0.1, 0.15) is 13.1 Å². The summed E-state index contributed by atoms with van der Waals surface area (Å²) < 4.78 is 14.1. The zero-order valence-corrected chi connectivity index (χ0v) is 13.8. The fourth-order valence-corrected chi connectivity index (χ4v) is 3.15. The van der Waals surface area contributed by atoms with Gasteiger partial charge in [0, 0.05) is 25.2 Å². The van der Waals surface area contributed by atoms with Crippen LogP contribution in [0.1, 0.15) is 11.1 Å². The Hall–Kier alpha value is -2.73. The average molecular weight is 326 g/mol. The molecule has 1 aliphatic rings. The van der Waals surface area contributed by atoms with E-state index in [1.807, 2.05) is 25.2 Å².